The molecule has 1 saturated heterocycles. The summed E-state index contributed by atoms with van der Waals surface area (Å²) >= 11 is 6.29. The number of ether oxygens (including phenoxy) is 1. The fourth-order valence-electron chi connectivity index (χ4n) is 6.10. The number of rotatable bonds is 9. The van der Waals surface area contributed by atoms with Gasteiger partial charge in [-0.2, -0.15) is 0 Å². The number of piperidine rings is 1. The average molecular weight is 532 g/mol. The maximum Gasteiger partial charge on any atom is 0.251 e. The van der Waals surface area contributed by atoms with E-state index in [1.54, 1.807) is 6.20 Å². The van der Waals surface area contributed by atoms with Gasteiger partial charge in [-0.1, -0.05) is 41.9 Å². The molecule has 1 aromatic heterocycles. The van der Waals surface area contributed by atoms with Gasteiger partial charge < -0.3 is 15.0 Å². The predicted octanol–water partition coefficient (Wildman–Crippen LogP) is 6.68. The van der Waals surface area contributed by atoms with Crippen LogP contribution in [0, 0.1) is 0 Å². The van der Waals surface area contributed by atoms with Crippen molar-refractivity contribution in [1.82, 2.24) is 15.2 Å². The number of pyridine rings is 1. The zero-order chi connectivity index (χ0) is 26.3. The smallest absolute Gasteiger partial charge is 0.251 e. The molecule has 1 aliphatic carbocycles. The molecule has 0 saturated carbocycles. The van der Waals surface area contributed by atoms with Crippen LogP contribution in [0.2, 0.25) is 5.15 Å². The highest BCUT2D eigenvalue weighted by atomic mass is 35.5. The van der Waals surface area contributed by atoms with Crippen molar-refractivity contribution in [3.63, 3.8) is 0 Å². The number of benzene rings is 2. The number of methoxy groups -OCH3 is 1. The number of hydrogen-bond donors (Lipinski definition) is 1. The summed E-state index contributed by atoms with van der Waals surface area (Å²) in [6.07, 6.45) is 11.0. The third-order valence-corrected chi connectivity index (χ3v) is 8.45. The molecular weight excluding hydrogens is 494 g/mol. The Bertz CT molecular complexity index is 1250. The first-order valence-corrected chi connectivity index (χ1v) is 14.4. The first kappa shape index (κ1) is 26.7. The van der Waals surface area contributed by atoms with E-state index < -0.39 is 0 Å². The summed E-state index contributed by atoms with van der Waals surface area (Å²) in [5.41, 5.74) is 6.58. The normalized spacial score (nSPS) is 16.2. The van der Waals surface area contributed by atoms with Crippen LogP contribution in [-0.2, 0) is 12.8 Å². The van der Waals surface area contributed by atoms with E-state index in [0.717, 1.165) is 50.0 Å². The van der Waals surface area contributed by atoms with Crippen LogP contribution in [0.15, 0.2) is 54.7 Å². The number of nitrogens with zero attached hydrogens (tertiary/aromatic N) is 2. The van der Waals surface area contributed by atoms with E-state index in [1.807, 2.05) is 43.5 Å². The summed E-state index contributed by atoms with van der Waals surface area (Å²) in [6.45, 7) is 3.98. The van der Waals surface area contributed by atoms with Gasteiger partial charge >= 0.3 is 0 Å². The molecule has 0 bridgehead atoms. The van der Waals surface area contributed by atoms with Crippen molar-refractivity contribution in [1.29, 1.82) is 0 Å². The van der Waals surface area contributed by atoms with E-state index in [9.17, 15) is 4.79 Å². The molecule has 5 nitrogen and oxygen atoms in total. The first-order valence-electron chi connectivity index (χ1n) is 14.0. The zero-order valence-electron chi connectivity index (χ0n) is 22.3. The number of fused-ring (bicyclic) bond motifs is 1. The lowest BCUT2D eigenvalue weighted by Crippen LogP contribution is -2.34. The second-order valence-electron chi connectivity index (χ2n) is 10.5. The van der Waals surface area contributed by atoms with E-state index in [0.29, 0.717) is 23.2 Å². The number of aromatic nitrogens is 1. The highest BCUT2D eigenvalue weighted by Crippen LogP contribution is 2.40. The summed E-state index contributed by atoms with van der Waals surface area (Å²) in [7, 11) is 1.84. The molecule has 1 N–H and O–H groups in total. The minimum atomic E-state index is -0.0691. The number of carbonyl (C=O) groups is 1. The average Bonchev–Trinajstić information content (AvgIpc) is 2.97. The van der Waals surface area contributed by atoms with Crippen LogP contribution in [0.25, 0.3) is 11.1 Å². The van der Waals surface area contributed by atoms with Crippen molar-refractivity contribution in [3.8, 4) is 16.9 Å². The van der Waals surface area contributed by atoms with Crippen molar-refractivity contribution in [2.24, 2.45) is 0 Å². The SMILES string of the molecule is COc1c(C2CCN(CCCCNC(=O)c3ccccc3-c3cccnc3Cl)CC2)ccc2c1CCCC2. The van der Waals surface area contributed by atoms with Gasteiger partial charge in [-0.15, -0.1) is 0 Å². The number of aryl methyl sites for hydroxylation is 1. The van der Waals surface area contributed by atoms with Crippen LogP contribution >= 0.6 is 11.6 Å². The van der Waals surface area contributed by atoms with Crippen LogP contribution < -0.4 is 10.1 Å². The largest absolute Gasteiger partial charge is 0.496 e. The van der Waals surface area contributed by atoms with Gasteiger partial charge in [0.15, 0.2) is 0 Å². The number of halogens is 1. The molecule has 0 radical (unpaired) electrons. The quantitative estimate of drug-likeness (QED) is 0.247. The van der Waals surface area contributed by atoms with Gasteiger partial charge in [0.25, 0.3) is 5.91 Å². The topological polar surface area (TPSA) is 54.5 Å². The summed E-state index contributed by atoms with van der Waals surface area (Å²) in [6, 6.07) is 16.0. The molecule has 0 spiro atoms. The Kier molecular flexibility index (Phi) is 8.98. The Hall–Kier alpha value is -2.89. The third kappa shape index (κ3) is 6.05. The maximum absolute atomic E-state index is 12.9. The molecule has 6 heteroatoms. The number of nitrogens with one attached hydrogen (secondary N) is 1. The Labute approximate surface area is 231 Å². The number of amides is 1. The van der Waals surface area contributed by atoms with E-state index in [4.69, 9.17) is 16.3 Å². The van der Waals surface area contributed by atoms with Crippen molar-refractivity contribution in [3.05, 3.63) is 82.1 Å². The van der Waals surface area contributed by atoms with Crippen molar-refractivity contribution >= 4 is 17.5 Å². The lowest BCUT2D eigenvalue weighted by atomic mass is 9.83. The molecule has 3 aromatic rings. The second-order valence-corrected chi connectivity index (χ2v) is 10.9. The lowest BCUT2D eigenvalue weighted by Gasteiger charge is -2.33. The van der Waals surface area contributed by atoms with E-state index >= 15 is 0 Å². The van der Waals surface area contributed by atoms with Gasteiger partial charge in [0.1, 0.15) is 10.9 Å². The van der Waals surface area contributed by atoms with Gasteiger partial charge in [0.05, 0.1) is 7.11 Å². The van der Waals surface area contributed by atoms with Crippen LogP contribution in [0.4, 0.5) is 0 Å². The predicted molar refractivity (Wildman–Crippen MR) is 154 cm³/mol. The highest BCUT2D eigenvalue weighted by Gasteiger charge is 2.26. The summed E-state index contributed by atoms with van der Waals surface area (Å²) in [5.74, 6) is 1.69. The minimum Gasteiger partial charge on any atom is -0.496 e. The summed E-state index contributed by atoms with van der Waals surface area (Å²) in [5, 5.41) is 3.50. The Morgan fingerprint density at radius 3 is 2.63 bits per heavy atom. The monoisotopic (exact) mass is 531 g/mol. The van der Waals surface area contributed by atoms with E-state index in [-0.39, 0.29) is 5.91 Å². The standard InChI is InChI=1S/C32H38ClN3O2/c1-38-30-25-10-3-2-9-23(25)14-15-26(30)24-16-21-36(22-17-24)20-7-6-18-35-32(37)29-12-5-4-11-27(29)28-13-8-19-34-31(28)33/h4-5,8,11-15,19,24H,2-3,6-7,9-10,16-18,20-22H2,1H3,(H,35,37). The van der Waals surface area contributed by atoms with Gasteiger partial charge in [-0.05, 0) is 117 Å². The van der Waals surface area contributed by atoms with Crippen molar-refractivity contribution < 1.29 is 9.53 Å². The molecule has 2 aliphatic rings. The molecule has 1 fully saturated rings. The van der Waals surface area contributed by atoms with E-state index in [1.165, 1.54) is 54.5 Å². The third-order valence-electron chi connectivity index (χ3n) is 8.15. The van der Waals surface area contributed by atoms with Crippen LogP contribution in [0.3, 0.4) is 0 Å². The summed E-state index contributed by atoms with van der Waals surface area (Å²) < 4.78 is 5.95. The van der Waals surface area contributed by atoms with Gasteiger partial charge in [0.2, 0.25) is 0 Å². The number of hydrogen-bond acceptors (Lipinski definition) is 4. The molecule has 5 rings (SSSR count). The lowest BCUT2D eigenvalue weighted by molar-refractivity contribution is 0.0953. The molecule has 38 heavy (non-hydrogen) atoms. The van der Waals surface area contributed by atoms with Crippen LogP contribution in [0.5, 0.6) is 5.75 Å². The number of likely N-dealkylation sites (tertiary alicyclic amines) is 1. The highest BCUT2D eigenvalue weighted by molar-refractivity contribution is 6.32. The van der Waals surface area contributed by atoms with Crippen molar-refractivity contribution in [2.45, 2.75) is 57.3 Å². The molecule has 0 unspecified atom stereocenters. The molecule has 2 aromatic carbocycles. The number of carbonyl (C=O) groups excluding carboxylic acids is 1. The van der Waals surface area contributed by atoms with Gasteiger partial charge in [0, 0.05) is 23.9 Å². The zero-order valence-corrected chi connectivity index (χ0v) is 23.1. The fraction of sp³-hybridized carbons (Fsp3) is 0.438. The van der Waals surface area contributed by atoms with Crippen LogP contribution in [0.1, 0.15) is 71.5 Å². The molecular formula is C32H38ClN3O2. The molecule has 1 aliphatic heterocycles. The van der Waals surface area contributed by atoms with Crippen molar-refractivity contribution in [2.75, 3.05) is 33.3 Å². The fourth-order valence-corrected chi connectivity index (χ4v) is 6.32. The van der Waals surface area contributed by atoms with Crippen LogP contribution in [-0.4, -0.2) is 49.1 Å². The second kappa shape index (κ2) is 12.8. The van der Waals surface area contributed by atoms with E-state index in [2.05, 4.69) is 27.3 Å². The van der Waals surface area contributed by atoms with Gasteiger partial charge in [-0.25, -0.2) is 4.98 Å². The Morgan fingerprint density at radius 1 is 1.03 bits per heavy atom. The molecule has 2 heterocycles. The van der Waals surface area contributed by atoms with Gasteiger partial charge in [-0.3, -0.25) is 4.79 Å². The Balaban J connectivity index is 1.07. The number of unbranched alkanes of at least 4 members (excludes halogenated alkanes) is 1. The maximum atomic E-state index is 12.9. The first-order chi connectivity index (χ1) is 18.7. The molecule has 1 amide bonds. The summed E-state index contributed by atoms with van der Waals surface area (Å²) in [4.78, 5) is 19.7. The molecule has 0 atom stereocenters. The Morgan fingerprint density at radius 2 is 1.82 bits per heavy atom. The minimum absolute atomic E-state index is 0.0691. The molecule has 200 valence electrons.